The largest absolute Gasteiger partial charge is 0.349 e. The number of nitrogens with one attached hydrogen (secondary N) is 2. The molecule has 0 fully saturated rings. The number of ketones is 1. The predicted molar refractivity (Wildman–Crippen MR) is 121 cm³/mol. The zero-order valence-electron chi connectivity index (χ0n) is 17.2. The van der Waals surface area contributed by atoms with Crippen molar-refractivity contribution >= 4 is 23.5 Å². The minimum atomic E-state index is -0.506. The standard InChI is InChI=1S/C22H21N5O4S/c28-19(15-3-1-14(2-4-15)16-5-8-24-25-11-16)12-23-20(29)6-9-27-18-7-10-32-13-17(18)21(30)26-22(27)31/h1-5,8,11H,6-7,9-10,12-13H2,(H,23,29)(H,26,30,31). The number of carbonyl (C=O) groups excluding carboxylic acids is 2. The van der Waals surface area contributed by atoms with Crippen molar-refractivity contribution in [3.05, 3.63) is 80.4 Å². The Morgan fingerprint density at radius 1 is 1.09 bits per heavy atom. The van der Waals surface area contributed by atoms with E-state index in [0.29, 0.717) is 29.0 Å². The van der Waals surface area contributed by atoms with E-state index in [9.17, 15) is 19.2 Å². The molecule has 164 valence electrons. The van der Waals surface area contributed by atoms with Gasteiger partial charge >= 0.3 is 5.69 Å². The summed E-state index contributed by atoms with van der Waals surface area (Å²) < 4.78 is 1.46. The highest BCUT2D eigenvalue weighted by Crippen LogP contribution is 2.20. The molecule has 2 aromatic heterocycles. The second-order valence-electron chi connectivity index (χ2n) is 7.30. The number of aromatic amines is 1. The van der Waals surface area contributed by atoms with Crippen molar-refractivity contribution in [1.29, 1.82) is 0 Å². The molecule has 1 amide bonds. The molecule has 0 aliphatic carbocycles. The van der Waals surface area contributed by atoms with Gasteiger partial charge in [0.1, 0.15) is 0 Å². The highest BCUT2D eigenvalue weighted by atomic mass is 32.2. The summed E-state index contributed by atoms with van der Waals surface area (Å²) in [6.45, 7) is 0.0154. The van der Waals surface area contributed by atoms with E-state index in [1.807, 2.05) is 18.2 Å². The van der Waals surface area contributed by atoms with Gasteiger partial charge in [-0.1, -0.05) is 24.3 Å². The van der Waals surface area contributed by atoms with Gasteiger partial charge in [0.15, 0.2) is 5.78 Å². The lowest BCUT2D eigenvalue weighted by Gasteiger charge is -2.19. The van der Waals surface area contributed by atoms with Crippen LogP contribution in [0.5, 0.6) is 0 Å². The Bertz CT molecular complexity index is 1250. The zero-order valence-corrected chi connectivity index (χ0v) is 18.0. The second-order valence-corrected chi connectivity index (χ2v) is 8.40. The van der Waals surface area contributed by atoms with Crippen molar-refractivity contribution in [1.82, 2.24) is 25.1 Å². The molecule has 0 spiro atoms. The van der Waals surface area contributed by atoms with Crippen LogP contribution < -0.4 is 16.6 Å². The van der Waals surface area contributed by atoms with E-state index in [4.69, 9.17) is 0 Å². The number of fused-ring (bicyclic) bond motifs is 1. The van der Waals surface area contributed by atoms with Gasteiger partial charge < -0.3 is 5.32 Å². The molecular weight excluding hydrogens is 430 g/mol. The fourth-order valence-electron chi connectivity index (χ4n) is 3.56. The quantitative estimate of drug-likeness (QED) is 0.516. The molecule has 1 aromatic carbocycles. The van der Waals surface area contributed by atoms with Gasteiger partial charge in [-0.2, -0.15) is 22.0 Å². The van der Waals surface area contributed by atoms with Gasteiger partial charge in [-0.25, -0.2) is 4.79 Å². The van der Waals surface area contributed by atoms with Crippen molar-refractivity contribution in [3.63, 3.8) is 0 Å². The van der Waals surface area contributed by atoms with Crippen molar-refractivity contribution in [2.45, 2.75) is 25.1 Å². The molecule has 10 heteroatoms. The molecule has 3 aromatic rings. The molecule has 0 radical (unpaired) electrons. The number of nitrogens with zero attached hydrogens (tertiary/aromatic N) is 3. The minimum absolute atomic E-state index is 0.0345. The van der Waals surface area contributed by atoms with E-state index in [2.05, 4.69) is 20.5 Å². The summed E-state index contributed by atoms with van der Waals surface area (Å²) in [7, 11) is 0. The third-order valence-corrected chi connectivity index (χ3v) is 6.26. The summed E-state index contributed by atoms with van der Waals surface area (Å²) in [5.41, 5.74) is 2.73. The molecule has 3 heterocycles. The Labute approximate surface area is 187 Å². The summed E-state index contributed by atoms with van der Waals surface area (Å²) in [6.07, 6.45) is 3.89. The van der Waals surface area contributed by atoms with Crippen LogP contribution in [0.25, 0.3) is 11.1 Å². The maximum atomic E-state index is 12.4. The Morgan fingerprint density at radius 2 is 1.91 bits per heavy atom. The SMILES string of the molecule is O=C(CCn1c2c(c(=O)[nH]c1=O)CSCC2)NCC(=O)c1ccc(-c2ccnnc2)cc1. The Hall–Kier alpha value is -3.53. The maximum absolute atomic E-state index is 12.4. The van der Waals surface area contributed by atoms with E-state index in [-0.39, 0.29) is 36.8 Å². The number of aromatic nitrogens is 4. The number of H-pyrrole nitrogens is 1. The van der Waals surface area contributed by atoms with Gasteiger partial charge in [0, 0.05) is 41.1 Å². The first-order chi connectivity index (χ1) is 15.5. The number of carbonyl (C=O) groups is 2. The van der Waals surface area contributed by atoms with Gasteiger partial charge in [0.2, 0.25) is 5.91 Å². The first-order valence-corrected chi connectivity index (χ1v) is 11.3. The number of amides is 1. The van der Waals surface area contributed by atoms with Crippen LogP contribution in [0.3, 0.4) is 0 Å². The zero-order chi connectivity index (χ0) is 22.5. The van der Waals surface area contributed by atoms with Gasteiger partial charge in [-0.05, 0) is 23.8 Å². The lowest BCUT2D eigenvalue weighted by molar-refractivity contribution is -0.121. The summed E-state index contributed by atoms with van der Waals surface area (Å²) in [6, 6.07) is 8.86. The molecule has 2 N–H and O–H groups in total. The topological polar surface area (TPSA) is 127 Å². The van der Waals surface area contributed by atoms with Crippen LogP contribution in [-0.2, 0) is 23.5 Å². The van der Waals surface area contributed by atoms with Crippen molar-refractivity contribution in [2.75, 3.05) is 12.3 Å². The molecule has 0 unspecified atom stereocenters. The van der Waals surface area contributed by atoms with Crippen molar-refractivity contribution in [3.8, 4) is 11.1 Å². The molecular formula is C22H21N5O4S. The van der Waals surface area contributed by atoms with Crippen LogP contribution in [0, 0.1) is 0 Å². The molecule has 1 aliphatic heterocycles. The van der Waals surface area contributed by atoms with Gasteiger partial charge in [-0.15, -0.1) is 0 Å². The minimum Gasteiger partial charge on any atom is -0.349 e. The average molecular weight is 452 g/mol. The fraction of sp³-hybridized carbons (Fsp3) is 0.273. The lowest BCUT2D eigenvalue weighted by Crippen LogP contribution is -2.38. The molecule has 9 nitrogen and oxygen atoms in total. The van der Waals surface area contributed by atoms with E-state index in [1.54, 1.807) is 36.3 Å². The van der Waals surface area contributed by atoms with E-state index in [0.717, 1.165) is 16.9 Å². The Morgan fingerprint density at radius 3 is 2.66 bits per heavy atom. The summed E-state index contributed by atoms with van der Waals surface area (Å²) in [5, 5.41) is 10.2. The van der Waals surface area contributed by atoms with Crippen LogP contribution in [0.2, 0.25) is 0 Å². The smallest absolute Gasteiger partial charge is 0.328 e. The van der Waals surface area contributed by atoms with Crippen LogP contribution in [0.1, 0.15) is 28.0 Å². The van der Waals surface area contributed by atoms with Crippen LogP contribution in [-0.4, -0.2) is 43.7 Å². The molecule has 4 rings (SSSR count). The highest BCUT2D eigenvalue weighted by molar-refractivity contribution is 7.98. The highest BCUT2D eigenvalue weighted by Gasteiger charge is 2.19. The van der Waals surface area contributed by atoms with E-state index < -0.39 is 5.69 Å². The third kappa shape index (κ3) is 4.86. The molecule has 1 aliphatic rings. The van der Waals surface area contributed by atoms with Crippen molar-refractivity contribution < 1.29 is 9.59 Å². The van der Waals surface area contributed by atoms with Gasteiger partial charge in [0.05, 0.1) is 18.9 Å². The van der Waals surface area contributed by atoms with E-state index in [1.165, 1.54) is 4.57 Å². The molecule has 0 bridgehead atoms. The van der Waals surface area contributed by atoms with Crippen molar-refractivity contribution in [2.24, 2.45) is 0 Å². The number of Topliss-reactive ketones (excluding diaryl/α,β-unsaturated/α-hetero) is 1. The number of hydrogen-bond donors (Lipinski definition) is 2. The second kappa shape index (κ2) is 9.73. The first kappa shape index (κ1) is 21.7. The molecule has 0 saturated heterocycles. The molecule has 0 atom stereocenters. The Kier molecular flexibility index (Phi) is 6.60. The molecule has 32 heavy (non-hydrogen) atoms. The fourth-order valence-corrected chi connectivity index (χ4v) is 4.55. The summed E-state index contributed by atoms with van der Waals surface area (Å²) in [4.78, 5) is 51.2. The normalized spacial score (nSPS) is 12.8. The number of rotatable bonds is 7. The monoisotopic (exact) mass is 451 g/mol. The number of hydrogen-bond acceptors (Lipinski definition) is 7. The van der Waals surface area contributed by atoms with Gasteiger partial charge in [-0.3, -0.25) is 23.9 Å². The Balaban J connectivity index is 1.33. The van der Waals surface area contributed by atoms with Crippen LogP contribution >= 0.6 is 11.8 Å². The first-order valence-electron chi connectivity index (χ1n) is 10.1. The molecule has 0 saturated carbocycles. The maximum Gasteiger partial charge on any atom is 0.328 e. The lowest BCUT2D eigenvalue weighted by atomic mass is 10.0. The number of benzene rings is 1. The number of thioether (sulfide) groups is 1. The van der Waals surface area contributed by atoms with E-state index >= 15 is 0 Å². The van der Waals surface area contributed by atoms with Crippen LogP contribution in [0.15, 0.2) is 52.3 Å². The summed E-state index contributed by atoms with van der Waals surface area (Å²) in [5.74, 6) is 0.832. The van der Waals surface area contributed by atoms with Gasteiger partial charge in [0.25, 0.3) is 5.56 Å². The predicted octanol–water partition coefficient (Wildman–Crippen LogP) is 1.17. The average Bonchev–Trinajstić information content (AvgIpc) is 2.83. The summed E-state index contributed by atoms with van der Waals surface area (Å²) >= 11 is 1.64. The van der Waals surface area contributed by atoms with Crippen LogP contribution in [0.4, 0.5) is 0 Å². The third-order valence-electron chi connectivity index (χ3n) is 5.28.